The van der Waals surface area contributed by atoms with Crippen molar-refractivity contribution in [1.82, 2.24) is 0 Å². The predicted molar refractivity (Wildman–Crippen MR) is 139 cm³/mol. The SMILES string of the molecule is COc1cccc2c1C(=O)[C@@]1(Sc3ccccc3)C(=O)[C@@H]3CC=C(O[Si](C)(C)C)C[C@@H]3C[C@H]1C2=O. The third kappa shape index (κ3) is 3.98. The van der Waals surface area contributed by atoms with Gasteiger partial charge in [0.05, 0.1) is 24.4 Å². The van der Waals surface area contributed by atoms with Crippen LogP contribution in [0.15, 0.2) is 65.3 Å². The van der Waals surface area contributed by atoms with Crippen LogP contribution in [0.3, 0.4) is 0 Å². The van der Waals surface area contributed by atoms with Crippen molar-refractivity contribution >= 4 is 37.4 Å². The summed E-state index contributed by atoms with van der Waals surface area (Å²) in [4.78, 5) is 43.5. The second-order valence-electron chi connectivity index (χ2n) is 10.6. The summed E-state index contributed by atoms with van der Waals surface area (Å²) in [7, 11) is -0.306. The maximum Gasteiger partial charge on any atom is 0.241 e. The number of carbonyl (C=O) groups excluding carboxylic acids is 3. The molecule has 3 aliphatic carbocycles. The van der Waals surface area contributed by atoms with Gasteiger partial charge in [-0.05, 0) is 62.7 Å². The number of hydrogen-bond acceptors (Lipinski definition) is 6. The van der Waals surface area contributed by atoms with Gasteiger partial charge in [0, 0.05) is 22.8 Å². The molecule has 7 heteroatoms. The minimum absolute atomic E-state index is 0.0164. The van der Waals surface area contributed by atoms with Gasteiger partial charge in [-0.1, -0.05) is 30.3 Å². The van der Waals surface area contributed by atoms with Gasteiger partial charge in [-0.2, -0.15) is 0 Å². The van der Waals surface area contributed by atoms with Gasteiger partial charge in [-0.15, -0.1) is 11.8 Å². The fraction of sp³-hybridized carbons (Fsp3) is 0.393. The van der Waals surface area contributed by atoms with Crippen LogP contribution in [-0.4, -0.2) is 37.5 Å². The van der Waals surface area contributed by atoms with Crippen LogP contribution in [0.25, 0.3) is 0 Å². The second-order valence-corrected chi connectivity index (χ2v) is 16.3. The van der Waals surface area contributed by atoms with Gasteiger partial charge in [-0.25, -0.2) is 0 Å². The van der Waals surface area contributed by atoms with Crippen molar-refractivity contribution in [1.29, 1.82) is 0 Å². The van der Waals surface area contributed by atoms with E-state index in [4.69, 9.17) is 9.16 Å². The van der Waals surface area contributed by atoms with Crippen molar-refractivity contribution in [2.45, 2.75) is 48.5 Å². The summed E-state index contributed by atoms with van der Waals surface area (Å²) in [5.74, 6) is -0.363. The molecule has 0 heterocycles. The molecule has 0 radical (unpaired) electrons. The summed E-state index contributed by atoms with van der Waals surface area (Å²) in [6.07, 6.45) is 3.69. The number of rotatable bonds is 5. The van der Waals surface area contributed by atoms with E-state index >= 15 is 0 Å². The molecule has 182 valence electrons. The van der Waals surface area contributed by atoms with Crippen molar-refractivity contribution < 1.29 is 23.5 Å². The molecule has 5 nitrogen and oxygen atoms in total. The number of fused-ring (bicyclic) bond motifs is 3. The Bertz CT molecular complexity index is 1230. The fourth-order valence-electron chi connectivity index (χ4n) is 5.81. The molecule has 35 heavy (non-hydrogen) atoms. The normalized spacial score (nSPS) is 27.9. The molecule has 3 aliphatic rings. The van der Waals surface area contributed by atoms with Crippen LogP contribution in [0.2, 0.25) is 19.6 Å². The van der Waals surface area contributed by atoms with Crippen LogP contribution in [0.1, 0.15) is 40.0 Å². The topological polar surface area (TPSA) is 69.7 Å². The average molecular weight is 507 g/mol. The lowest BCUT2D eigenvalue weighted by Crippen LogP contribution is -2.62. The minimum atomic E-state index is -1.79. The third-order valence-electron chi connectivity index (χ3n) is 7.22. The molecule has 0 aliphatic heterocycles. The van der Waals surface area contributed by atoms with Crippen LogP contribution in [-0.2, 0) is 9.22 Å². The maximum atomic E-state index is 14.4. The highest BCUT2D eigenvalue weighted by molar-refractivity contribution is 8.02. The minimum Gasteiger partial charge on any atom is -0.548 e. The number of ketones is 3. The van der Waals surface area contributed by atoms with E-state index < -0.39 is 19.0 Å². The molecule has 0 spiro atoms. The molecule has 0 N–H and O–H groups in total. The first kappa shape index (κ1) is 24.1. The number of hydrogen-bond donors (Lipinski definition) is 0. The van der Waals surface area contributed by atoms with Crippen LogP contribution < -0.4 is 4.74 Å². The molecule has 1 saturated carbocycles. The Morgan fingerprint density at radius 1 is 1.00 bits per heavy atom. The van der Waals surface area contributed by atoms with Gasteiger partial charge in [-0.3, -0.25) is 14.4 Å². The molecule has 0 unspecified atom stereocenters. The van der Waals surface area contributed by atoms with E-state index in [2.05, 4.69) is 19.6 Å². The first-order chi connectivity index (χ1) is 16.7. The second kappa shape index (κ2) is 8.78. The third-order valence-corrected chi connectivity index (χ3v) is 9.59. The maximum absolute atomic E-state index is 14.4. The van der Waals surface area contributed by atoms with E-state index in [-0.39, 0.29) is 34.7 Å². The Hall–Kier alpha value is -2.64. The van der Waals surface area contributed by atoms with Gasteiger partial charge in [0.25, 0.3) is 0 Å². The predicted octanol–water partition coefficient (Wildman–Crippen LogP) is 5.96. The van der Waals surface area contributed by atoms with E-state index in [0.29, 0.717) is 30.6 Å². The highest BCUT2D eigenvalue weighted by atomic mass is 32.2. The molecule has 2 aromatic rings. The first-order valence-electron chi connectivity index (χ1n) is 12.1. The van der Waals surface area contributed by atoms with Crippen molar-refractivity contribution in [2.75, 3.05) is 7.11 Å². The lowest BCUT2D eigenvalue weighted by molar-refractivity contribution is -0.130. The molecule has 4 atom stereocenters. The van der Waals surface area contributed by atoms with E-state index in [1.807, 2.05) is 36.4 Å². The zero-order chi connectivity index (χ0) is 25.0. The van der Waals surface area contributed by atoms with Gasteiger partial charge in [0.1, 0.15) is 5.75 Å². The average Bonchev–Trinajstić information content (AvgIpc) is 2.83. The van der Waals surface area contributed by atoms with Gasteiger partial charge < -0.3 is 9.16 Å². The van der Waals surface area contributed by atoms with Crippen LogP contribution in [0, 0.1) is 17.8 Å². The smallest absolute Gasteiger partial charge is 0.241 e. The number of methoxy groups -OCH3 is 1. The molecule has 0 aromatic heterocycles. The van der Waals surface area contributed by atoms with Crippen LogP contribution >= 0.6 is 11.8 Å². The number of carbonyl (C=O) groups is 3. The first-order valence-corrected chi connectivity index (χ1v) is 16.3. The fourth-order valence-corrected chi connectivity index (χ4v) is 8.22. The van der Waals surface area contributed by atoms with Crippen molar-refractivity contribution in [2.24, 2.45) is 17.8 Å². The Labute approximate surface area is 211 Å². The summed E-state index contributed by atoms with van der Waals surface area (Å²) in [6.45, 7) is 6.42. The summed E-state index contributed by atoms with van der Waals surface area (Å²) in [5, 5.41) is 0. The molecule has 1 fully saturated rings. The Morgan fingerprint density at radius 3 is 2.43 bits per heavy atom. The summed E-state index contributed by atoms with van der Waals surface area (Å²) < 4.78 is 10.3. The molecule has 5 rings (SSSR count). The number of allylic oxidation sites excluding steroid dienone is 2. The van der Waals surface area contributed by atoms with Crippen molar-refractivity contribution in [3.8, 4) is 5.75 Å². The Morgan fingerprint density at radius 2 is 1.74 bits per heavy atom. The molecule has 0 saturated heterocycles. The largest absolute Gasteiger partial charge is 0.548 e. The monoisotopic (exact) mass is 506 g/mol. The van der Waals surface area contributed by atoms with Crippen LogP contribution in [0.5, 0.6) is 5.75 Å². The van der Waals surface area contributed by atoms with Gasteiger partial charge in [0.15, 0.2) is 22.1 Å². The number of thioether (sulfide) groups is 1. The number of ether oxygens (including phenoxy) is 1. The lowest BCUT2D eigenvalue weighted by Gasteiger charge is -2.50. The Kier molecular flexibility index (Phi) is 6.04. The summed E-state index contributed by atoms with van der Waals surface area (Å²) >= 11 is 1.24. The molecular formula is C28H30O5SSi. The van der Waals surface area contributed by atoms with E-state index in [1.165, 1.54) is 18.9 Å². The molecule has 0 amide bonds. The Balaban J connectivity index is 1.64. The van der Waals surface area contributed by atoms with Crippen LogP contribution in [0.4, 0.5) is 0 Å². The van der Waals surface area contributed by atoms with Crippen molar-refractivity contribution in [3.63, 3.8) is 0 Å². The number of benzene rings is 2. The van der Waals surface area contributed by atoms with E-state index in [0.717, 1.165) is 10.7 Å². The quantitative estimate of drug-likeness (QED) is 0.368. The van der Waals surface area contributed by atoms with Gasteiger partial charge >= 0.3 is 0 Å². The van der Waals surface area contributed by atoms with E-state index in [1.54, 1.807) is 18.2 Å². The highest BCUT2D eigenvalue weighted by Crippen LogP contribution is 2.57. The zero-order valence-corrected chi connectivity index (χ0v) is 22.3. The van der Waals surface area contributed by atoms with Crippen molar-refractivity contribution in [3.05, 3.63) is 71.5 Å². The standard InChI is InChI=1S/C28H30O5SSi/c1-32-23-12-8-11-21-24(23)27(31)28(34-19-9-6-5-7-10-19)22(25(21)29)16-17-15-18(33-35(2,3)4)13-14-20(17)26(28)30/h5-13,17,20,22H,14-16H2,1-4H3/t17-,20-,22+,28+/m1/s1. The highest BCUT2D eigenvalue weighted by Gasteiger charge is 2.65. The summed E-state index contributed by atoms with van der Waals surface area (Å²) in [5.41, 5.74) is 0.598. The number of Topliss-reactive ketones (excluding diaryl/α,β-unsaturated/α-hetero) is 3. The molecular weight excluding hydrogens is 476 g/mol. The molecule has 2 aromatic carbocycles. The van der Waals surface area contributed by atoms with E-state index in [9.17, 15) is 14.4 Å². The molecule has 0 bridgehead atoms. The lowest BCUT2D eigenvalue weighted by atomic mass is 9.57. The van der Waals surface area contributed by atoms with Gasteiger partial charge in [0.2, 0.25) is 8.32 Å². The zero-order valence-electron chi connectivity index (χ0n) is 20.5. The summed E-state index contributed by atoms with van der Waals surface area (Å²) in [6, 6.07) is 14.6.